The van der Waals surface area contributed by atoms with E-state index < -0.39 is 11.9 Å². The number of hydrogen-bond acceptors (Lipinski definition) is 8. The molecule has 0 unspecified atom stereocenters. The maximum absolute atomic E-state index is 13.3. The molecular weight excluding hydrogens is 604 g/mol. The van der Waals surface area contributed by atoms with E-state index in [0.717, 1.165) is 22.3 Å². The zero-order valence-electron chi connectivity index (χ0n) is 25.9. The van der Waals surface area contributed by atoms with E-state index in [4.69, 9.17) is 30.4 Å². The summed E-state index contributed by atoms with van der Waals surface area (Å²) in [6.07, 6.45) is 0. The van der Waals surface area contributed by atoms with E-state index in [1.807, 2.05) is 84.9 Å². The Morgan fingerprint density at radius 1 is 0.438 bits per heavy atom. The summed E-state index contributed by atoms with van der Waals surface area (Å²) >= 11 is 0. The highest BCUT2D eigenvalue weighted by Gasteiger charge is 2.21. The Morgan fingerprint density at radius 3 is 1.17 bits per heavy atom. The normalized spacial score (nSPS) is 10.6. The molecule has 0 aliphatic rings. The molecular formula is C40H32N2O6. The number of hydrogen-bond donors (Lipinski definition) is 2. The minimum absolute atomic E-state index is 0.145. The molecule has 0 saturated carbocycles. The van der Waals surface area contributed by atoms with Gasteiger partial charge in [-0.1, -0.05) is 97.1 Å². The molecule has 0 aromatic heterocycles. The Morgan fingerprint density at radius 2 is 0.792 bits per heavy atom. The van der Waals surface area contributed by atoms with Crippen molar-refractivity contribution >= 4 is 23.3 Å². The summed E-state index contributed by atoms with van der Waals surface area (Å²) in [6.45, 7) is -0.671. The Balaban J connectivity index is 1.11. The van der Waals surface area contributed by atoms with Crippen molar-refractivity contribution in [1.29, 1.82) is 0 Å². The first-order valence-electron chi connectivity index (χ1n) is 15.1. The number of esters is 2. The van der Waals surface area contributed by atoms with Gasteiger partial charge in [0.1, 0.15) is 11.5 Å². The van der Waals surface area contributed by atoms with Crippen molar-refractivity contribution in [2.24, 2.45) is 0 Å². The molecule has 8 nitrogen and oxygen atoms in total. The summed E-state index contributed by atoms with van der Waals surface area (Å²) in [6, 6.07) is 44.3. The molecule has 0 saturated heterocycles. The lowest BCUT2D eigenvalue weighted by atomic mass is 9.94. The van der Waals surface area contributed by atoms with Crippen molar-refractivity contribution in [2.45, 2.75) is 0 Å². The molecule has 0 radical (unpaired) electrons. The van der Waals surface area contributed by atoms with Crippen LogP contribution in [0.25, 0.3) is 33.4 Å². The molecule has 0 heterocycles. The van der Waals surface area contributed by atoms with Gasteiger partial charge in [-0.2, -0.15) is 0 Å². The molecule has 0 spiro atoms. The molecule has 0 aliphatic carbocycles. The van der Waals surface area contributed by atoms with Gasteiger partial charge in [0.05, 0.1) is 11.1 Å². The monoisotopic (exact) mass is 636 g/mol. The van der Waals surface area contributed by atoms with E-state index in [1.54, 1.807) is 48.5 Å². The van der Waals surface area contributed by atoms with Gasteiger partial charge in [0.2, 0.25) is 13.6 Å². The number of ether oxygens (including phenoxy) is 4. The number of rotatable bonds is 11. The second-order valence-corrected chi connectivity index (χ2v) is 10.8. The van der Waals surface area contributed by atoms with E-state index in [0.29, 0.717) is 34.0 Å². The van der Waals surface area contributed by atoms with Crippen LogP contribution in [0.15, 0.2) is 146 Å². The van der Waals surface area contributed by atoms with Crippen LogP contribution >= 0.6 is 0 Å². The van der Waals surface area contributed by atoms with Gasteiger partial charge in [0.25, 0.3) is 0 Å². The SMILES string of the molecule is Nc1ccc(-c2ccc(N)cc2C(=O)OCOc2ccc(-c3ccccc3)cc2)c(C(=O)OCOc2ccc(-c3ccccc3)cc2)c1. The third kappa shape index (κ3) is 7.63. The lowest BCUT2D eigenvalue weighted by Gasteiger charge is -2.15. The smallest absolute Gasteiger partial charge is 0.341 e. The summed E-state index contributed by atoms with van der Waals surface area (Å²) in [5, 5.41) is 0. The van der Waals surface area contributed by atoms with Crippen molar-refractivity contribution in [3.05, 3.63) is 157 Å². The summed E-state index contributed by atoms with van der Waals surface area (Å²) in [4.78, 5) is 26.6. The molecule has 8 heteroatoms. The predicted octanol–water partition coefficient (Wildman–Crippen LogP) is 8.24. The van der Waals surface area contributed by atoms with Gasteiger partial charge in [-0.15, -0.1) is 0 Å². The van der Waals surface area contributed by atoms with Crippen LogP contribution in [0.5, 0.6) is 11.5 Å². The zero-order valence-corrected chi connectivity index (χ0v) is 25.9. The molecule has 0 amide bonds. The Bertz CT molecular complexity index is 1860. The van der Waals surface area contributed by atoms with E-state index >= 15 is 0 Å². The quantitative estimate of drug-likeness (QED) is 0.0828. The molecule has 0 fully saturated rings. The minimum Gasteiger partial charge on any atom is -0.457 e. The predicted molar refractivity (Wildman–Crippen MR) is 186 cm³/mol. The molecule has 238 valence electrons. The van der Waals surface area contributed by atoms with Crippen LogP contribution in [-0.4, -0.2) is 25.5 Å². The zero-order chi connectivity index (χ0) is 33.3. The van der Waals surface area contributed by atoms with Gasteiger partial charge in [-0.3, -0.25) is 0 Å². The Kier molecular flexibility index (Phi) is 9.63. The number of carbonyl (C=O) groups excluding carboxylic acids is 2. The molecule has 4 N–H and O–H groups in total. The van der Waals surface area contributed by atoms with Crippen molar-refractivity contribution < 1.29 is 28.5 Å². The number of carbonyl (C=O) groups is 2. The summed E-state index contributed by atoms with van der Waals surface area (Å²) in [5.74, 6) is -0.297. The number of benzene rings is 6. The molecule has 0 bridgehead atoms. The van der Waals surface area contributed by atoms with Crippen molar-refractivity contribution in [1.82, 2.24) is 0 Å². The van der Waals surface area contributed by atoms with E-state index in [9.17, 15) is 9.59 Å². The average Bonchev–Trinajstić information content (AvgIpc) is 3.13. The van der Waals surface area contributed by atoms with Gasteiger partial charge >= 0.3 is 11.9 Å². The van der Waals surface area contributed by atoms with Crippen LogP contribution in [0.2, 0.25) is 0 Å². The first-order valence-corrected chi connectivity index (χ1v) is 15.1. The highest BCUT2D eigenvalue weighted by molar-refractivity contribution is 6.04. The van der Waals surface area contributed by atoms with E-state index in [2.05, 4.69) is 0 Å². The fourth-order valence-corrected chi connectivity index (χ4v) is 5.14. The van der Waals surface area contributed by atoms with Gasteiger partial charge in [0.15, 0.2) is 0 Å². The maximum atomic E-state index is 13.3. The van der Waals surface area contributed by atoms with Crippen LogP contribution in [0.1, 0.15) is 20.7 Å². The highest BCUT2D eigenvalue weighted by Crippen LogP contribution is 2.32. The standard InChI is InChI=1S/C40H32N2O6/c41-31-15-21-35(37(23-31)39(43)47-25-45-33-17-11-29(12-18-33)27-7-3-1-4-8-27)36-22-16-32(42)24-38(36)40(44)48-26-46-34-19-13-30(14-20-34)28-9-5-2-6-10-28/h1-24H,25-26,41-42H2. The fraction of sp³-hybridized carbons (Fsp3) is 0.0500. The first kappa shape index (κ1) is 31.4. The lowest BCUT2D eigenvalue weighted by molar-refractivity contribution is 0.0142. The average molecular weight is 637 g/mol. The molecule has 6 aromatic carbocycles. The van der Waals surface area contributed by atoms with Gasteiger partial charge < -0.3 is 30.4 Å². The number of anilines is 2. The van der Waals surface area contributed by atoms with Gasteiger partial charge in [0, 0.05) is 11.4 Å². The van der Waals surface area contributed by atoms with Crippen molar-refractivity contribution in [3.63, 3.8) is 0 Å². The summed E-state index contributed by atoms with van der Waals surface area (Å²) in [5.41, 5.74) is 18.1. The van der Waals surface area contributed by atoms with E-state index in [1.165, 1.54) is 12.1 Å². The Labute approximate surface area is 278 Å². The third-order valence-corrected chi connectivity index (χ3v) is 7.57. The van der Waals surface area contributed by atoms with Crippen LogP contribution in [0, 0.1) is 0 Å². The lowest BCUT2D eigenvalue weighted by Crippen LogP contribution is -2.14. The largest absolute Gasteiger partial charge is 0.457 e. The van der Waals surface area contributed by atoms with Gasteiger partial charge in [-0.25, -0.2) is 9.59 Å². The topological polar surface area (TPSA) is 123 Å². The minimum atomic E-state index is -0.684. The van der Waals surface area contributed by atoms with Crippen LogP contribution < -0.4 is 20.9 Å². The molecule has 0 aliphatic heterocycles. The van der Waals surface area contributed by atoms with Crippen LogP contribution in [0.4, 0.5) is 11.4 Å². The van der Waals surface area contributed by atoms with Crippen LogP contribution in [0.3, 0.4) is 0 Å². The molecule has 48 heavy (non-hydrogen) atoms. The molecule has 6 rings (SSSR count). The van der Waals surface area contributed by atoms with Crippen LogP contribution in [-0.2, 0) is 9.47 Å². The maximum Gasteiger partial charge on any atom is 0.341 e. The third-order valence-electron chi connectivity index (χ3n) is 7.57. The van der Waals surface area contributed by atoms with Crippen molar-refractivity contribution in [3.8, 4) is 44.9 Å². The first-order chi connectivity index (χ1) is 23.4. The molecule has 6 aromatic rings. The van der Waals surface area contributed by atoms with E-state index in [-0.39, 0.29) is 24.7 Å². The Hall–Kier alpha value is -6.54. The second kappa shape index (κ2) is 14.7. The van der Waals surface area contributed by atoms with Crippen molar-refractivity contribution in [2.75, 3.05) is 25.1 Å². The van der Waals surface area contributed by atoms with Gasteiger partial charge in [-0.05, 0) is 81.9 Å². The summed E-state index contributed by atoms with van der Waals surface area (Å²) < 4.78 is 22.3. The highest BCUT2D eigenvalue weighted by atomic mass is 16.7. The summed E-state index contributed by atoms with van der Waals surface area (Å²) in [7, 11) is 0. The fourth-order valence-electron chi connectivity index (χ4n) is 5.14. The molecule has 0 atom stereocenters. The number of nitrogen functional groups attached to an aromatic ring is 2. The second-order valence-electron chi connectivity index (χ2n) is 10.8. The number of nitrogens with two attached hydrogens (primary N) is 2.